The van der Waals surface area contributed by atoms with Crippen LogP contribution >= 0.6 is 11.6 Å². The summed E-state index contributed by atoms with van der Waals surface area (Å²) in [6.07, 6.45) is 5.26. The summed E-state index contributed by atoms with van der Waals surface area (Å²) in [4.78, 5) is 45.2. The average molecular weight is 644 g/mol. The standard InChI is InChI=1S/C34H38ClN7O4/c1-6-22-20-36-21-28(35)31(22)39-34(45)38-30-19-29(40-42(7-2)33(30)44)24-12-9-11-23(15-24)25-16-26(18-27(17-25)46-8-3)32(43)37-13-10-14-41(4)5/h6,9,11-12,15-21H,1,7-8,10,13-14H2,2-5H3,(H,37,43)(H2,36,38,39,45). The lowest BCUT2D eigenvalue weighted by molar-refractivity contribution is 0.0952. The van der Waals surface area contributed by atoms with Crippen LogP contribution in [0, 0.1) is 0 Å². The quantitative estimate of drug-likeness (QED) is 0.152. The molecule has 0 saturated heterocycles. The Hall–Kier alpha value is -5.00. The van der Waals surface area contributed by atoms with E-state index in [0.29, 0.717) is 47.0 Å². The maximum absolute atomic E-state index is 13.1. The number of pyridine rings is 1. The summed E-state index contributed by atoms with van der Waals surface area (Å²) in [6.45, 7) is 9.55. The number of anilines is 2. The first-order valence-corrected chi connectivity index (χ1v) is 15.3. The zero-order valence-electron chi connectivity index (χ0n) is 26.4. The highest BCUT2D eigenvalue weighted by Gasteiger charge is 2.16. The second-order valence-electron chi connectivity index (χ2n) is 10.6. The SMILES string of the molecule is C=Cc1cncc(Cl)c1NC(=O)Nc1cc(-c2cccc(-c3cc(OCC)cc(C(=O)NCCCN(C)C)c3)c2)nn(CC)c1=O. The molecule has 3 amide bonds. The Morgan fingerprint density at radius 2 is 1.83 bits per heavy atom. The van der Waals surface area contributed by atoms with Gasteiger partial charge in [0, 0.05) is 42.2 Å². The van der Waals surface area contributed by atoms with Crippen LogP contribution in [0.4, 0.5) is 16.2 Å². The molecule has 0 aliphatic heterocycles. The zero-order valence-corrected chi connectivity index (χ0v) is 27.1. The molecule has 0 atom stereocenters. The number of rotatable bonds is 13. The summed E-state index contributed by atoms with van der Waals surface area (Å²) in [5.41, 5.74) is 3.66. The molecule has 2 aromatic carbocycles. The third kappa shape index (κ3) is 8.58. The van der Waals surface area contributed by atoms with Gasteiger partial charge in [-0.1, -0.05) is 42.5 Å². The number of hydrogen-bond acceptors (Lipinski definition) is 7. The Bertz CT molecular complexity index is 1790. The first-order chi connectivity index (χ1) is 22.1. The van der Waals surface area contributed by atoms with Gasteiger partial charge in [-0.3, -0.25) is 14.6 Å². The van der Waals surface area contributed by atoms with E-state index in [-0.39, 0.29) is 23.2 Å². The predicted molar refractivity (Wildman–Crippen MR) is 184 cm³/mol. The van der Waals surface area contributed by atoms with Gasteiger partial charge in [-0.25, -0.2) is 9.48 Å². The van der Waals surface area contributed by atoms with Gasteiger partial charge in [0.15, 0.2) is 0 Å². The van der Waals surface area contributed by atoms with Crippen molar-refractivity contribution in [3.05, 3.63) is 94.0 Å². The molecule has 0 aliphatic rings. The van der Waals surface area contributed by atoms with Gasteiger partial charge in [0.1, 0.15) is 11.4 Å². The van der Waals surface area contributed by atoms with E-state index in [2.05, 4.69) is 37.5 Å². The summed E-state index contributed by atoms with van der Waals surface area (Å²) >= 11 is 6.24. The van der Waals surface area contributed by atoms with Crippen LogP contribution in [0.25, 0.3) is 28.5 Å². The van der Waals surface area contributed by atoms with Crippen molar-refractivity contribution < 1.29 is 14.3 Å². The largest absolute Gasteiger partial charge is 0.494 e. The van der Waals surface area contributed by atoms with Crippen LogP contribution < -0.4 is 26.2 Å². The molecule has 0 unspecified atom stereocenters. The van der Waals surface area contributed by atoms with Gasteiger partial charge >= 0.3 is 6.03 Å². The number of carbonyl (C=O) groups excluding carboxylic acids is 2. The fourth-order valence-corrected chi connectivity index (χ4v) is 4.91. The molecule has 4 rings (SSSR count). The molecule has 12 heteroatoms. The molecule has 0 spiro atoms. The Kier molecular flexibility index (Phi) is 11.7. The molecule has 0 aliphatic carbocycles. The molecule has 46 heavy (non-hydrogen) atoms. The second kappa shape index (κ2) is 15.8. The molecule has 0 radical (unpaired) electrons. The summed E-state index contributed by atoms with van der Waals surface area (Å²) < 4.78 is 7.07. The van der Waals surface area contributed by atoms with E-state index in [9.17, 15) is 14.4 Å². The fourth-order valence-electron chi connectivity index (χ4n) is 4.69. The summed E-state index contributed by atoms with van der Waals surface area (Å²) in [5, 5.41) is 13.1. The van der Waals surface area contributed by atoms with Crippen molar-refractivity contribution in [2.75, 3.05) is 44.4 Å². The predicted octanol–water partition coefficient (Wildman–Crippen LogP) is 6.01. The van der Waals surface area contributed by atoms with Crippen molar-refractivity contribution in [2.24, 2.45) is 0 Å². The van der Waals surface area contributed by atoms with E-state index in [1.54, 1.807) is 13.0 Å². The molecule has 4 aromatic rings. The monoisotopic (exact) mass is 643 g/mol. The van der Waals surface area contributed by atoms with Crippen LogP contribution in [0.15, 0.2) is 72.3 Å². The van der Waals surface area contributed by atoms with Crippen molar-refractivity contribution in [2.45, 2.75) is 26.8 Å². The first-order valence-electron chi connectivity index (χ1n) is 14.9. The second-order valence-corrected chi connectivity index (χ2v) is 11.0. The summed E-state index contributed by atoms with van der Waals surface area (Å²) in [6, 6.07) is 13.9. The van der Waals surface area contributed by atoms with E-state index < -0.39 is 11.6 Å². The van der Waals surface area contributed by atoms with Crippen LogP contribution in [-0.2, 0) is 6.54 Å². The van der Waals surface area contributed by atoms with Crippen molar-refractivity contribution in [1.82, 2.24) is 25.0 Å². The van der Waals surface area contributed by atoms with Crippen molar-refractivity contribution >= 4 is 41.0 Å². The molecule has 240 valence electrons. The lowest BCUT2D eigenvalue weighted by Gasteiger charge is -2.14. The van der Waals surface area contributed by atoms with Crippen LogP contribution in [0.1, 0.15) is 36.2 Å². The Balaban J connectivity index is 1.65. The number of hydrogen-bond donors (Lipinski definition) is 3. The van der Waals surface area contributed by atoms with Gasteiger partial charge in [0.25, 0.3) is 11.5 Å². The fraction of sp³-hybridized carbons (Fsp3) is 0.265. The molecule has 0 saturated carbocycles. The van der Waals surface area contributed by atoms with Crippen LogP contribution in [0.2, 0.25) is 5.02 Å². The Morgan fingerprint density at radius 3 is 2.54 bits per heavy atom. The molecule has 2 aromatic heterocycles. The number of nitrogens with zero attached hydrogens (tertiary/aromatic N) is 4. The highest BCUT2D eigenvalue weighted by atomic mass is 35.5. The molecule has 0 fully saturated rings. The molecule has 3 N–H and O–H groups in total. The molecular weight excluding hydrogens is 606 g/mol. The number of ether oxygens (including phenoxy) is 1. The van der Waals surface area contributed by atoms with E-state index in [1.165, 1.54) is 29.2 Å². The molecular formula is C34H38ClN7O4. The number of nitrogens with one attached hydrogen (secondary N) is 3. The van der Waals surface area contributed by atoms with E-state index in [4.69, 9.17) is 16.3 Å². The van der Waals surface area contributed by atoms with Crippen molar-refractivity contribution in [3.63, 3.8) is 0 Å². The first kappa shape index (κ1) is 33.9. The summed E-state index contributed by atoms with van der Waals surface area (Å²) in [5.74, 6) is 0.393. The summed E-state index contributed by atoms with van der Waals surface area (Å²) in [7, 11) is 3.99. The number of urea groups is 1. The van der Waals surface area contributed by atoms with Crippen molar-refractivity contribution in [3.8, 4) is 28.1 Å². The third-order valence-corrected chi connectivity index (χ3v) is 7.24. The Morgan fingerprint density at radius 1 is 1.04 bits per heavy atom. The molecule has 2 heterocycles. The number of aromatic nitrogens is 3. The number of carbonyl (C=O) groups is 2. The minimum Gasteiger partial charge on any atom is -0.494 e. The minimum absolute atomic E-state index is 0.0339. The van der Waals surface area contributed by atoms with Gasteiger partial charge in [-0.2, -0.15) is 5.10 Å². The van der Waals surface area contributed by atoms with E-state index in [0.717, 1.165) is 24.1 Å². The molecule has 11 nitrogen and oxygen atoms in total. The molecule has 0 bridgehead atoms. The van der Waals surface area contributed by atoms with Gasteiger partial charge in [0.2, 0.25) is 0 Å². The van der Waals surface area contributed by atoms with E-state index >= 15 is 0 Å². The number of amides is 3. The normalized spacial score (nSPS) is 10.8. The van der Waals surface area contributed by atoms with Crippen molar-refractivity contribution in [1.29, 1.82) is 0 Å². The van der Waals surface area contributed by atoms with Crippen LogP contribution in [0.5, 0.6) is 5.75 Å². The van der Waals surface area contributed by atoms with Crippen LogP contribution in [-0.4, -0.2) is 65.4 Å². The van der Waals surface area contributed by atoms with Gasteiger partial charge in [0.05, 0.1) is 23.0 Å². The minimum atomic E-state index is -0.665. The maximum Gasteiger partial charge on any atom is 0.323 e. The lowest BCUT2D eigenvalue weighted by Crippen LogP contribution is -2.30. The van der Waals surface area contributed by atoms with E-state index in [1.807, 2.05) is 57.4 Å². The maximum atomic E-state index is 13.1. The van der Waals surface area contributed by atoms with Crippen LogP contribution in [0.3, 0.4) is 0 Å². The number of halogens is 1. The Labute approximate surface area is 273 Å². The van der Waals surface area contributed by atoms with Gasteiger partial charge < -0.3 is 25.6 Å². The third-order valence-electron chi connectivity index (χ3n) is 6.95. The van der Waals surface area contributed by atoms with Gasteiger partial charge in [-0.15, -0.1) is 0 Å². The highest BCUT2D eigenvalue weighted by Crippen LogP contribution is 2.30. The number of benzene rings is 2. The smallest absolute Gasteiger partial charge is 0.323 e. The number of aryl methyl sites for hydroxylation is 1. The highest BCUT2D eigenvalue weighted by molar-refractivity contribution is 6.34. The van der Waals surface area contributed by atoms with Gasteiger partial charge in [-0.05, 0) is 82.4 Å². The average Bonchev–Trinajstić information content (AvgIpc) is 3.04. The topological polar surface area (TPSA) is 130 Å². The zero-order chi connectivity index (χ0) is 33.2. The lowest BCUT2D eigenvalue weighted by atomic mass is 9.99.